The molecule has 1 aromatic rings. The van der Waals surface area contributed by atoms with Crippen LogP contribution in [0, 0.1) is 19.8 Å². The Morgan fingerprint density at radius 1 is 1.18 bits per heavy atom. The van der Waals surface area contributed by atoms with Gasteiger partial charge < -0.3 is 5.32 Å². The first-order valence-electron chi connectivity index (χ1n) is 6.96. The zero-order valence-corrected chi connectivity index (χ0v) is 11.4. The minimum atomic E-state index is 0.726. The normalized spacial score (nSPS) is 24.9. The number of benzene rings is 1. The van der Waals surface area contributed by atoms with Gasteiger partial charge >= 0.3 is 0 Å². The molecule has 0 heterocycles. The van der Waals surface area contributed by atoms with Crippen molar-refractivity contribution in [3.05, 3.63) is 34.9 Å². The first-order valence-corrected chi connectivity index (χ1v) is 6.96. The quantitative estimate of drug-likeness (QED) is 0.830. The predicted molar refractivity (Wildman–Crippen MR) is 74.2 cm³/mol. The summed E-state index contributed by atoms with van der Waals surface area (Å²) in [5.74, 6) is 0.842. The lowest BCUT2D eigenvalue weighted by atomic mass is 9.86. The molecule has 0 bridgehead atoms. The van der Waals surface area contributed by atoms with E-state index in [1.165, 1.54) is 42.4 Å². The summed E-state index contributed by atoms with van der Waals surface area (Å²) in [6.45, 7) is 7.79. The smallest absolute Gasteiger partial charge is 0.0210 e. The average molecular weight is 231 g/mol. The van der Waals surface area contributed by atoms with Crippen molar-refractivity contribution in [1.29, 1.82) is 0 Å². The largest absolute Gasteiger partial charge is 0.310 e. The third kappa shape index (κ3) is 3.32. The first kappa shape index (κ1) is 12.6. The Bertz CT molecular complexity index is 370. The van der Waals surface area contributed by atoms with Gasteiger partial charge in [-0.25, -0.2) is 0 Å². The Balaban J connectivity index is 1.92. The van der Waals surface area contributed by atoms with Gasteiger partial charge in [-0.2, -0.15) is 0 Å². The van der Waals surface area contributed by atoms with E-state index < -0.39 is 0 Å². The highest BCUT2D eigenvalue weighted by molar-refractivity contribution is 5.30. The van der Waals surface area contributed by atoms with Crippen LogP contribution in [0.5, 0.6) is 0 Å². The minimum absolute atomic E-state index is 0.726. The maximum absolute atomic E-state index is 3.75. The fraction of sp³-hybridized carbons (Fsp3) is 0.625. The van der Waals surface area contributed by atoms with E-state index >= 15 is 0 Å². The van der Waals surface area contributed by atoms with Gasteiger partial charge in [0.1, 0.15) is 0 Å². The number of hydrogen-bond donors (Lipinski definition) is 1. The van der Waals surface area contributed by atoms with Crippen molar-refractivity contribution in [3.63, 3.8) is 0 Å². The molecule has 1 aliphatic carbocycles. The van der Waals surface area contributed by atoms with Crippen molar-refractivity contribution in [3.8, 4) is 0 Å². The first-order chi connectivity index (χ1) is 8.16. The molecular formula is C16H25N. The van der Waals surface area contributed by atoms with Gasteiger partial charge in [0, 0.05) is 12.6 Å². The van der Waals surface area contributed by atoms with Crippen LogP contribution in [0.4, 0.5) is 0 Å². The summed E-state index contributed by atoms with van der Waals surface area (Å²) in [4.78, 5) is 0. The molecule has 1 aliphatic rings. The summed E-state index contributed by atoms with van der Waals surface area (Å²) < 4.78 is 0. The Morgan fingerprint density at radius 2 is 1.94 bits per heavy atom. The Kier molecular flexibility index (Phi) is 4.22. The van der Waals surface area contributed by atoms with Gasteiger partial charge in [-0.05, 0) is 43.7 Å². The van der Waals surface area contributed by atoms with Crippen molar-refractivity contribution in [1.82, 2.24) is 5.32 Å². The molecule has 2 atom stereocenters. The Labute approximate surface area is 106 Å². The molecule has 2 unspecified atom stereocenters. The molecular weight excluding hydrogens is 206 g/mol. The molecule has 1 nitrogen and oxygen atoms in total. The van der Waals surface area contributed by atoms with E-state index in [2.05, 4.69) is 44.3 Å². The van der Waals surface area contributed by atoms with E-state index in [-0.39, 0.29) is 0 Å². The predicted octanol–water partition coefficient (Wildman–Crippen LogP) is 3.97. The van der Waals surface area contributed by atoms with Crippen LogP contribution in [0.15, 0.2) is 18.2 Å². The van der Waals surface area contributed by atoms with Gasteiger partial charge in [0.2, 0.25) is 0 Å². The van der Waals surface area contributed by atoms with Crippen LogP contribution in [0.25, 0.3) is 0 Å². The van der Waals surface area contributed by atoms with E-state index in [0.29, 0.717) is 0 Å². The van der Waals surface area contributed by atoms with Gasteiger partial charge in [0.05, 0.1) is 0 Å². The number of nitrogens with one attached hydrogen (secondary N) is 1. The summed E-state index contributed by atoms with van der Waals surface area (Å²) >= 11 is 0. The van der Waals surface area contributed by atoms with Crippen LogP contribution in [0.2, 0.25) is 0 Å². The minimum Gasteiger partial charge on any atom is -0.310 e. The van der Waals surface area contributed by atoms with Crippen molar-refractivity contribution in [2.24, 2.45) is 5.92 Å². The number of hydrogen-bond acceptors (Lipinski definition) is 1. The number of aryl methyl sites for hydroxylation is 2. The van der Waals surface area contributed by atoms with Crippen LogP contribution in [0.3, 0.4) is 0 Å². The summed E-state index contributed by atoms with van der Waals surface area (Å²) in [5, 5.41) is 3.75. The molecule has 0 radical (unpaired) electrons. The molecule has 0 spiro atoms. The third-order valence-electron chi connectivity index (χ3n) is 4.16. The molecule has 2 rings (SSSR count). The topological polar surface area (TPSA) is 12.0 Å². The molecule has 1 N–H and O–H groups in total. The van der Waals surface area contributed by atoms with Crippen LogP contribution < -0.4 is 5.32 Å². The molecule has 0 saturated heterocycles. The molecule has 1 fully saturated rings. The van der Waals surface area contributed by atoms with Gasteiger partial charge in [0.25, 0.3) is 0 Å². The van der Waals surface area contributed by atoms with E-state index in [9.17, 15) is 0 Å². The highest BCUT2D eigenvalue weighted by Gasteiger charge is 2.20. The highest BCUT2D eigenvalue weighted by atomic mass is 14.9. The second kappa shape index (κ2) is 5.68. The molecule has 94 valence electrons. The maximum Gasteiger partial charge on any atom is 0.0210 e. The molecule has 1 aromatic carbocycles. The lowest BCUT2D eigenvalue weighted by molar-refractivity contribution is 0.279. The van der Waals surface area contributed by atoms with E-state index in [1.807, 2.05) is 0 Å². The third-order valence-corrected chi connectivity index (χ3v) is 4.16. The van der Waals surface area contributed by atoms with Crippen molar-refractivity contribution in [2.45, 2.75) is 59.0 Å². The molecule has 0 aliphatic heterocycles. The van der Waals surface area contributed by atoms with Gasteiger partial charge in [-0.1, -0.05) is 43.5 Å². The Hall–Kier alpha value is -0.820. The fourth-order valence-corrected chi connectivity index (χ4v) is 2.90. The summed E-state index contributed by atoms with van der Waals surface area (Å²) in [5.41, 5.74) is 4.23. The SMILES string of the molecule is Cc1ccc(CNC2CCCCC2C)c(C)c1. The zero-order valence-electron chi connectivity index (χ0n) is 11.4. The lowest BCUT2D eigenvalue weighted by Gasteiger charge is -2.30. The van der Waals surface area contributed by atoms with Gasteiger partial charge in [-0.3, -0.25) is 0 Å². The van der Waals surface area contributed by atoms with Crippen LogP contribution in [-0.4, -0.2) is 6.04 Å². The van der Waals surface area contributed by atoms with E-state index in [1.54, 1.807) is 0 Å². The summed E-state index contributed by atoms with van der Waals surface area (Å²) in [6.07, 6.45) is 5.56. The standard InChI is InChI=1S/C16H25N/c1-12-8-9-15(14(3)10-12)11-17-16-7-5-4-6-13(16)2/h8-10,13,16-17H,4-7,11H2,1-3H3. The highest BCUT2D eigenvalue weighted by Crippen LogP contribution is 2.24. The Morgan fingerprint density at radius 3 is 2.65 bits per heavy atom. The van der Waals surface area contributed by atoms with Crippen molar-refractivity contribution < 1.29 is 0 Å². The summed E-state index contributed by atoms with van der Waals surface area (Å²) in [7, 11) is 0. The van der Waals surface area contributed by atoms with E-state index in [4.69, 9.17) is 0 Å². The number of rotatable bonds is 3. The molecule has 1 saturated carbocycles. The van der Waals surface area contributed by atoms with Crippen LogP contribution >= 0.6 is 0 Å². The zero-order chi connectivity index (χ0) is 12.3. The average Bonchev–Trinajstić information content (AvgIpc) is 2.30. The monoisotopic (exact) mass is 231 g/mol. The van der Waals surface area contributed by atoms with Gasteiger partial charge in [0.15, 0.2) is 0 Å². The molecule has 17 heavy (non-hydrogen) atoms. The van der Waals surface area contributed by atoms with Crippen molar-refractivity contribution >= 4 is 0 Å². The second-order valence-corrected chi connectivity index (χ2v) is 5.68. The lowest BCUT2D eigenvalue weighted by Crippen LogP contribution is -2.36. The summed E-state index contributed by atoms with van der Waals surface area (Å²) in [6, 6.07) is 7.49. The fourth-order valence-electron chi connectivity index (χ4n) is 2.90. The van der Waals surface area contributed by atoms with Crippen LogP contribution in [0.1, 0.15) is 49.3 Å². The van der Waals surface area contributed by atoms with Gasteiger partial charge in [-0.15, -0.1) is 0 Å². The van der Waals surface area contributed by atoms with E-state index in [0.717, 1.165) is 18.5 Å². The molecule has 0 amide bonds. The molecule has 0 aromatic heterocycles. The van der Waals surface area contributed by atoms with Crippen LogP contribution in [-0.2, 0) is 6.54 Å². The second-order valence-electron chi connectivity index (χ2n) is 5.68. The van der Waals surface area contributed by atoms with Crippen molar-refractivity contribution in [2.75, 3.05) is 0 Å². The molecule has 1 heteroatoms. The maximum atomic E-state index is 3.75.